The number of benzene rings is 3. The van der Waals surface area contributed by atoms with Crippen molar-refractivity contribution in [1.82, 2.24) is 9.97 Å². The summed E-state index contributed by atoms with van der Waals surface area (Å²) in [6.07, 6.45) is 1.68. The van der Waals surface area contributed by atoms with E-state index >= 15 is 0 Å². The number of H-pyrrole nitrogens is 1. The van der Waals surface area contributed by atoms with Crippen LogP contribution in [0, 0.1) is 5.82 Å². The summed E-state index contributed by atoms with van der Waals surface area (Å²) in [7, 11) is 0. The van der Waals surface area contributed by atoms with E-state index in [2.05, 4.69) is 15.3 Å². The predicted molar refractivity (Wildman–Crippen MR) is 115 cm³/mol. The summed E-state index contributed by atoms with van der Waals surface area (Å²) in [5, 5.41) is 3.62. The molecule has 1 amide bonds. The van der Waals surface area contributed by atoms with Gasteiger partial charge in [-0.15, -0.1) is 0 Å². The third-order valence-electron chi connectivity index (χ3n) is 4.33. The van der Waals surface area contributed by atoms with Gasteiger partial charge in [0.1, 0.15) is 5.82 Å². The van der Waals surface area contributed by atoms with Crippen molar-refractivity contribution in [3.8, 4) is 22.4 Å². The van der Waals surface area contributed by atoms with Crippen LogP contribution in [0.15, 0.2) is 90.2 Å². The Hall–Kier alpha value is -3.38. The first-order valence-corrected chi connectivity index (χ1v) is 10.1. The number of amides is 1. The third kappa shape index (κ3) is 4.73. The molecule has 0 saturated heterocycles. The Balaban J connectivity index is 1.40. The fourth-order valence-corrected chi connectivity index (χ4v) is 3.58. The number of halogens is 1. The number of aromatic nitrogens is 2. The molecule has 1 heterocycles. The van der Waals surface area contributed by atoms with E-state index in [1.54, 1.807) is 18.3 Å². The van der Waals surface area contributed by atoms with Crippen molar-refractivity contribution in [2.75, 3.05) is 11.1 Å². The lowest BCUT2D eigenvalue weighted by atomic mass is 10.0. The van der Waals surface area contributed by atoms with Crippen molar-refractivity contribution >= 4 is 23.4 Å². The minimum absolute atomic E-state index is 0.113. The molecule has 0 spiro atoms. The Morgan fingerprint density at radius 3 is 2.45 bits per heavy atom. The average Bonchev–Trinajstić information content (AvgIpc) is 3.23. The Morgan fingerprint density at radius 2 is 1.66 bits per heavy atom. The van der Waals surface area contributed by atoms with Gasteiger partial charge in [-0.25, -0.2) is 9.37 Å². The van der Waals surface area contributed by atoms with E-state index in [4.69, 9.17) is 0 Å². The van der Waals surface area contributed by atoms with Crippen molar-refractivity contribution in [3.63, 3.8) is 0 Å². The average molecular weight is 403 g/mol. The van der Waals surface area contributed by atoms with Crippen LogP contribution in [0.25, 0.3) is 22.4 Å². The standard InChI is InChI=1S/C23H18FN3OS/c24-18-12-10-17(11-13-18)21-14-25-23(27-21)29-15-22(28)26-20-9-5-4-8-19(20)16-6-2-1-3-7-16/h1-14H,15H2,(H,25,27)(H,26,28). The maximum absolute atomic E-state index is 13.1. The number of rotatable bonds is 6. The summed E-state index contributed by atoms with van der Waals surface area (Å²) in [6, 6.07) is 23.8. The zero-order valence-electron chi connectivity index (χ0n) is 15.4. The first-order valence-electron chi connectivity index (χ1n) is 9.07. The van der Waals surface area contributed by atoms with Crippen LogP contribution < -0.4 is 5.32 Å². The predicted octanol–water partition coefficient (Wildman–Crippen LogP) is 5.61. The number of imidazole rings is 1. The fourth-order valence-electron chi connectivity index (χ4n) is 2.93. The van der Waals surface area contributed by atoms with Crippen LogP contribution in [-0.2, 0) is 4.79 Å². The van der Waals surface area contributed by atoms with E-state index in [9.17, 15) is 9.18 Å². The minimum atomic E-state index is -0.282. The molecule has 0 saturated carbocycles. The summed E-state index contributed by atoms with van der Waals surface area (Å²) >= 11 is 1.32. The first-order chi connectivity index (χ1) is 14.2. The van der Waals surface area contributed by atoms with Gasteiger partial charge in [-0.2, -0.15) is 0 Å². The van der Waals surface area contributed by atoms with E-state index in [-0.39, 0.29) is 17.5 Å². The normalized spacial score (nSPS) is 10.7. The fraction of sp³-hybridized carbons (Fsp3) is 0.0435. The topological polar surface area (TPSA) is 57.8 Å². The van der Waals surface area contributed by atoms with Gasteiger partial charge in [0.2, 0.25) is 5.91 Å². The van der Waals surface area contributed by atoms with Crippen LogP contribution in [0.5, 0.6) is 0 Å². The Kier molecular flexibility index (Phi) is 5.72. The van der Waals surface area contributed by atoms with Crippen LogP contribution >= 0.6 is 11.8 Å². The number of hydrogen-bond acceptors (Lipinski definition) is 3. The molecule has 0 radical (unpaired) electrons. The van der Waals surface area contributed by atoms with Gasteiger partial charge >= 0.3 is 0 Å². The Labute approximate surface area is 172 Å². The molecule has 144 valence electrons. The van der Waals surface area contributed by atoms with Crippen LogP contribution in [-0.4, -0.2) is 21.6 Å². The van der Waals surface area contributed by atoms with E-state index < -0.39 is 0 Å². The lowest BCUT2D eigenvalue weighted by molar-refractivity contribution is -0.113. The number of thioether (sulfide) groups is 1. The van der Waals surface area contributed by atoms with Crippen LogP contribution in [0.4, 0.5) is 10.1 Å². The number of para-hydroxylation sites is 1. The minimum Gasteiger partial charge on any atom is -0.333 e. The van der Waals surface area contributed by atoms with E-state index in [0.717, 1.165) is 28.1 Å². The van der Waals surface area contributed by atoms with Crippen molar-refractivity contribution in [1.29, 1.82) is 0 Å². The monoisotopic (exact) mass is 403 g/mol. The maximum atomic E-state index is 13.1. The summed E-state index contributed by atoms with van der Waals surface area (Å²) in [4.78, 5) is 19.9. The highest BCUT2D eigenvalue weighted by atomic mass is 32.2. The van der Waals surface area contributed by atoms with Gasteiger partial charge in [0.25, 0.3) is 0 Å². The lowest BCUT2D eigenvalue weighted by Crippen LogP contribution is -2.14. The number of nitrogens with zero attached hydrogens (tertiary/aromatic N) is 1. The molecule has 0 aliphatic carbocycles. The van der Waals surface area contributed by atoms with E-state index in [1.807, 2.05) is 54.6 Å². The molecule has 4 aromatic rings. The highest BCUT2D eigenvalue weighted by Gasteiger charge is 2.10. The van der Waals surface area contributed by atoms with Crippen LogP contribution in [0.3, 0.4) is 0 Å². The molecule has 0 aliphatic rings. The molecule has 3 aromatic carbocycles. The molecule has 0 fully saturated rings. The SMILES string of the molecule is O=C(CSc1ncc(-c2ccc(F)cc2)[nH]1)Nc1ccccc1-c1ccccc1. The number of hydrogen-bond donors (Lipinski definition) is 2. The van der Waals surface area contributed by atoms with Crippen molar-refractivity contribution < 1.29 is 9.18 Å². The molecule has 0 aliphatic heterocycles. The van der Waals surface area contributed by atoms with Gasteiger partial charge in [0, 0.05) is 11.3 Å². The van der Waals surface area contributed by atoms with Gasteiger partial charge in [0.05, 0.1) is 17.6 Å². The molecule has 0 bridgehead atoms. The molecule has 6 heteroatoms. The number of aromatic amines is 1. The number of carbonyl (C=O) groups excluding carboxylic acids is 1. The van der Waals surface area contributed by atoms with Gasteiger partial charge in [0.15, 0.2) is 5.16 Å². The largest absolute Gasteiger partial charge is 0.333 e. The number of carbonyl (C=O) groups is 1. The molecule has 4 rings (SSSR count). The van der Waals surface area contributed by atoms with Crippen molar-refractivity contribution in [2.24, 2.45) is 0 Å². The second-order valence-electron chi connectivity index (χ2n) is 6.36. The summed E-state index contributed by atoms with van der Waals surface area (Å²) in [5.74, 6) is -0.173. The quantitative estimate of drug-likeness (QED) is 0.411. The van der Waals surface area contributed by atoms with Crippen molar-refractivity contribution in [2.45, 2.75) is 5.16 Å². The van der Waals surface area contributed by atoms with Gasteiger partial charge in [-0.05, 0) is 41.5 Å². The molecular formula is C23H18FN3OS. The Morgan fingerprint density at radius 1 is 0.931 bits per heavy atom. The summed E-state index contributed by atoms with van der Waals surface area (Å²) < 4.78 is 13.1. The van der Waals surface area contributed by atoms with Crippen molar-refractivity contribution in [3.05, 3.63) is 90.9 Å². The summed E-state index contributed by atoms with van der Waals surface area (Å²) in [5.41, 5.74) is 4.42. The highest BCUT2D eigenvalue weighted by Crippen LogP contribution is 2.28. The molecule has 0 atom stereocenters. The lowest BCUT2D eigenvalue weighted by Gasteiger charge is -2.11. The first kappa shape index (κ1) is 19.0. The van der Waals surface area contributed by atoms with Gasteiger partial charge in [-0.3, -0.25) is 4.79 Å². The second-order valence-corrected chi connectivity index (χ2v) is 7.32. The molecule has 4 nitrogen and oxygen atoms in total. The third-order valence-corrected chi connectivity index (χ3v) is 5.22. The maximum Gasteiger partial charge on any atom is 0.234 e. The molecular weight excluding hydrogens is 385 g/mol. The van der Waals surface area contributed by atoms with E-state index in [1.165, 1.54) is 23.9 Å². The van der Waals surface area contributed by atoms with E-state index in [0.29, 0.717) is 5.16 Å². The molecule has 29 heavy (non-hydrogen) atoms. The zero-order chi connectivity index (χ0) is 20.1. The molecule has 0 unspecified atom stereocenters. The zero-order valence-corrected chi connectivity index (χ0v) is 16.2. The molecule has 1 aromatic heterocycles. The second kappa shape index (κ2) is 8.75. The van der Waals surface area contributed by atoms with Crippen LogP contribution in [0.1, 0.15) is 0 Å². The van der Waals surface area contributed by atoms with Gasteiger partial charge in [-0.1, -0.05) is 60.3 Å². The number of nitrogens with one attached hydrogen (secondary N) is 2. The highest BCUT2D eigenvalue weighted by molar-refractivity contribution is 7.99. The summed E-state index contributed by atoms with van der Waals surface area (Å²) in [6.45, 7) is 0. The van der Waals surface area contributed by atoms with Crippen LogP contribution in [0.2, 0.25) is 0 Å². The number of anilines is 1. The smallest absolute Gasteiger partial charge is 0.234 e. The van der Waals surface area contributed by atoms with Gasteiger partial charge < -0.3 is 10.3 Å². The Bertz CT molecular complexity index is 1110. The molecule has 2 N–H and O–H groups in total.